The molecule has 4 rings (SSSR count). The van der Waals surface area contributed by atoms with Gasteiger partial charge >= 0.3 is 0 Å². The Labute approximate surface area is 138 Å². The lowest BCUT2D eigenvalue weighted by Gasteiger charge is -2.33. The molecule has 1 fully saturated rings. The van der Waals surface area contributed by atoms with E-state index in [1.54, 1.807) is 10.9 Å². The standard InChI is InChI=1S/C16H17N7O/c24-16(13-3-5-14(6-4-13)23-12-18-19-20-23)21-8-1-2-15(10-21)22-9-7-17-11-22/h3-7,9,11-12,15H,1-2,8,10H2/t15-/m1/s1. The summed E-state index contributed by atoms with van der Waals surface area (Å²) in [6.45, 7) is 1.50. The molecule has 2 aromatic heterocycles. The predicted molar refractivity (Wildman–Crippen MR) is 85.6 cm³/mol. The van der Waals surface area contributed by atoms with E-state index in [2.05, 4.69) is 25.1 Å². The number of likely N-dealkylation sites (tertiary alicyclic amines) is 1. The highest BCUT2D eigenvalue weighted by Crippen LogP contribution is 2.22. The fourth-order valence-electron chi connectivity index (χ4n) is 3.09. The number of hydrogen-bond donors (Lipinski definition) is 0. The maximum absolute atomic E-state index is 12.8. The molecule has 1 aliphatic heterocycles. The van der Waals surface area contributed by atoms with Crippen LogP contribution in [0, 0.1) is 0 Å². The summed E-state index contributed by atoms with van der Waals surface area (Å²) in [4.78, 5) is 18.8. The van der Waals surface area contributed by atoms with Gasteiger partial charge in [-0.05, 0) is 47.5 Å². The molecule has 1 aliphatic rings. The van der Waals surface area contributed by atoms with Crippen LogP contribution in [0.1, 0.15) is 29.2 Å². The molecule has 3 aromatic rings. The number of benzene rings is 1. The van der Waals surface area contributed by atoms with Crippen molar-refractivity contribution in [3.8, 4) is 5.69 Å². The first kappa shape index (κ1) is 14.6. The lowest BCUT2D eigenvalue weighted by atomic mass is 10.0. The molecule has 8 nitrogen and oxygen atoms in total. The maximum atomic E-state index is 12.8. The highest BCUT2D eigenvalue weighted by molar-refractivity contribution is 5.94. The Morgan fingerprint density at radius 1 is 1.17 bits per heavy atom. The molecule has 0 saturated carbocycles. The second-order valence-electron chi connectivity index (χ2n) is 5.86. The van der Waals surface area contributed by atoms with Crippen LogP contribution in [0.25, 0.3) is 5.69 Å². The molecule has 0 N–H and O–H groups in total. The van der Waals surface area contributed by atoms with Gasteiger partial charge in [0.05, 0.1) is 18.1 Å². The number of carbonyl (C=O) groups excluding carboxylic acids is 1. The van der Waals surface area contributed by atoms with Crippen LogP contribution < -0.4 is 0 Å². The topological polar surface area (TPSA) is 81.7 Å². The van der Waals surface area contributed by atoms with Crippen molar-refractivity contribution in [3.63, 3.8) is 0 Å². The monoisotopic (exact) mass is 323 g/mol. The van der Waals surface area contributed by atoms with Crippen LogP contribution in [-0.2, 0) is 0 Å². The minimum absolute atomic E-state index is 0.0584. The highest BCUT2D eigenvalue weighted by Gasteiger charge is 2.25. The van der Waals surface area contributed by atoms with E-state index in [0.29, 0.717) is 18.2 Å². The Morgan fingerprint density at radius 3 is 2.75 bits per heavy atom. The minimum Gasteiger partial charge on any atom is -0.337 e. The third-order valence-corrected chi connectivity index (χ3v) is 4.36. The van der Waals surface area contributed by atoms with Crippen molar-refractivity contribution in [1.29, 1.82) is 0 Å². The van der Waals surface area contributed by atoms with Crippen molar-refractivity contribution in [3.05, 3.63) is 54.9 Å². The Morgan fingerprint density at radius 2 is 2.04 bits per heavy atom. The number of imidazole rings is 1. The smallest absolute Gasteiger partial charge is 0.253 e. The number of rotatable bonds is 3. The summed E-state index contributed by atoms with van der Waals surface area (Å²) in [7, 11) is 0. The summed E-state index contributed by atoms with van der Waals surface area (Å²) in [5.41, 5.74) is 1.50. The van der Waals surface area contributed by atoms with E-state index in [0.717, 1.165) is 25.1 Å². The summed E-state index contributed by atoms with van der Waals surface area (Å²) < 4.78 is 3.64. The van der Waals surface area contributed by atoms with Crippen LogP contribution in [-0.4, -0.2) is 53.7 Å². The third kappa shape index (κ3) is 2.78. The van der Waals surface area contributed by atoms with Crippen LogP contribution >= 0.6 is 0 Å². The summed E-state index contributed by atoms with van der Waals surface area (Å²) in [5, 5.41) is 11.1. The Bertz CT molecular complexity index is 796. The van der Waals surface area contributed by atoms with Crippen molar-refractivity contribution in [2.45, 2.75) is 18.9 Å². The summed E-state index contributed by atoms with van der Waals surface area (Å²) in [6.07, 6.45) is 9.14. The number of tetrazole rings is 1. The van der Waals surface area contributed by atoms with Gasteiger partial charge in [-0.1, -0.05) is 0 Å². The second-order valence-corrected chi connectivity index (χ2v) is 5.86. The van der Waals surface area contributed by atoms with E-state index in [4.69, 9.17) is 0 Å². The molecule has 3 heterocycles. The zero-order valence-corrected chi connectivity index (χ0v) is 13.1. The average Bonchev–Trinajstić information content (AvgIpc) is 3.35. The molecule has 8 heteroatoms. The lowest BCUT2D eigenvalue weighted by molar-refractivity contribution is 0.0679. The molecular weight excluding hydrogens is 306 g/mol. The SMILES string of the molecule is O=C(c1ccc(-n2cnnn2)cc1)N1CCC[C@@H](n2ccnc2)C1. The van der Waals surface area contributed by atoms with Crippen LogP contribution in [0.4, 0.5) is 0 Å². The molecule has 0 aliphatic carbocycles. The van der Waals surface area contributed by atoms with Crippen molar-refractivity contribution < 1.29 is 4.79 Å². The maximum Gasteiger partial charge on any atom is 0.253 e. The van der Waals surface area contributed by atoms with Crippen molar-refractivity contribution in [2.24, 2.45) is 0 Å². The first-order chi connectivity index (χ1) is 11.8. The molecule has 24 heavy (non-hydrogen) atoms. The largest absolute Gasteiger partial charge is 0.337 e. The molecule has 0 spiro atoms. The Kier molecular flexibility index (Phi) is 3.78. The van der Waals surface area contributed by atoms with Gasteiger partial charge < -0.3 is 9.47 Å². The summed E-state index contributed by atoms with van der Waals surface area (Å²) >= 11 is 0. The van der Waals surface area contributed by atoms with Gasteiger partial charge in [0.1, 0.15) is 6.33 Å². The van der Waals surface area contributed by atoms with Crippen LogP contribution in [0.3, 0.4) is 0 Å². The van der Waals surface area contributed by atoms with E-state index in [1.165, 1.54) is 6.33 Å². The average molecular weight is 323 g/mol. The van der Waals surface area contributed by atoms with Crippen LogP contribution in [0.2, 0.25) is 0 Å². The quantitative estimate of drug-likeness (QED) is 0.726. The number of hydrogen-bond acceptors (Lipinski definition) is 5. The van der Waals surface area contributed by atoms with Gasteiger partial charge in [0.2, 0.25) is 0 Å². The molecule has 0 bridgehead atoms. The zero-order valence-electron chi connectivity index (χ0n) is 13.1. The van der Waals surface area contributed by atoms with Crippen molar-refractivity contribution in [2.75, 3.05) is 13.1 Å². The summed E-state index contributed by atoms with van der Waals surface area (Å²) in [5.74, 6) is 0.0584. The molecule has 1 saturated heterocycles. The summed E-state index contributed by atoms with van der Waals surface area (Å²) in [6, 6.07) is 7.63. The molecule has 1 atom stereocenters. The molecule has 1 amide bonds. The molecule has 0 unspecified atom stereocenters. The van der Waals surface area contributed by atoms with Gasteiger partial charge in [-0.15, -0.1) is 5.10 Å². The molecular formula is C16H17N7O. The zero-order chi connectivity index (χ0) is 16.4. The number of piperidine rings is 1. The first-order valence-electron chi connectivity index (χ1n) is 7.91. The first-order valence-corrected chi connectivity index (χ1v) is 7.91. The van der Waals surface area contributed by atoms with Gasteiger partial charge in [0.25, 0.3) is 5.91 Å². The minimum atomic E-state index is 0.0584. The Balaban J connectivity index is 1.49. The normalized spacial score (nSPS) is 17.8. The fourth-order valence-corrected chi connectivity index (χ4v) is 3.09. The molecule has 0 radical (unpaired) electrons. The van der Waals surface area contributed by atoms with Gasteiger partial charge in [0.15, 0.2) is 0 Å². The number of amides is 1. The van der Waals surface area contributed by atoms with E-state index in [-0.39, 0.29) is 5.91 Å². The lowest BCUT2D eigenvalue weighted by Crippen LogP contribution is -2.40. The number of nitrogens with zero attached hydrogens (tertiary/aromatic N) is 7. The van der Waals surface area contributed by atoms with Crippen LogP contribution in [0.5, 0.6) is 0 Å². The van der Waals surface area contributed by atoms with Crippen molar-refractivity contribution >= 4 is 5.91 Å². The van der Waals surface area contributed by atoms with Gasteiger partial charge in [0, 0.05) is 31.0 Å². The predicted octanol–water partition coefficient (Wildman–Crippen LogP) is 1.34. The fraction of sp³-hybridized carbons (Fsp3) is 0.312. The van der Waals surface area contributed by atoms with Crippen LogP contribution in [0.15, 0.2) is 49.3 Å². The third-order valence-electron chi connectivity index (χ3n) is 4.36. The molecule has 122 valence electrons. The van der Waals surface area contributed by atoms with Crippen molar-refractivity contribution in [1.82, 2.24) is 34.7 Å². The number of aromatic nitrogens is 6. The second kappa shape index (κ2) is 6.23. The van der Waals surface area contributed by atoms with E-state index in [9.17, 15) is 4.79 Å². The number of carbonyl (C=O) groups is 1. The molecule has 1 aromatic carbocycles. The Hall–Kier alpha value is -3.03. The van der Waals surface area contributed by atoms with E-state index < -0.39 is 0 Å². The van der Waals surface area contributed by atoms with Gasteiger partial charge in [-0.25, -0.2) is 9.67 Å². The van der Waals surface area contributed by atoms with Gasteiger partial charge in [-0.3, -0.25) is 4.79 Å². The highest BCUT2D eigenvalue weighted by atomic mass is 16.2. The van der Waals surface area contributed by atoms with Gasteiger partial charge in [-0.2, -0.15) is 0 Å². The van der Waals surface area contributed by atoms with E-state index >= 15 is 0 Å². The van der Waals surface area contributed by atoms with E-state index in [1.807, 2.05) is 41.7 Å².